The Bertz CT molecular complexity index is 939. The molecule has 0 bridgehead atoms. The van der Waals surface area contributed by atoms with Crippen molar-refractivity contribution in [2.75, 3.05) is 11.5 Å². The Morgan fingerprint density at radius 3 is 2.24 bits per heavy atom. The van der Waals surface area contributed by atoms with Gasteiger partial charge in [0.2, 0.25) is 11.0 Å². The van der Waals surface area contributed by atoms with E-state index in [0.717, 1.165) is 11.8 Å². The van der Waals surface area contributed by atoms with Crippen LogP contribution in [0.25, 0.3) is 0 Å². The normalized spacial score (nSPS) is 13.1. The van der Waals surface area contributed by atoms with Crippen molar-refractivity contribution in [3.05, 3.63) is 65.7 Å². The van der Waals surface area contributed by atoms with E-state index in [-0.39, 0.29) is 22.4 Å². The van der Waals surface area contributed by atoms with Crippen molar-refractivity contribution in [2.45, 2.75) is 25.1 Å². The van der Waals surface area contributed by atoms with E-state index >= 15 is 0 Å². The zero-order chi connectivity index (χ0) is 24.4. The van der Waals surface area contributed by atoms with Gasteiger partial charge in [0, 0.05) is 28.7 Å². The number of rotatable bonds is 11. The van der Waals surface area contributed by atoms with Gasteiger partial charge in [0.25, 0.3) is 0 Å². The Balaban J connectivity index is 1.79. The zero-order valence-corrected chi connectivity index (χ0v) is 19.1. The third kappa shape index (κ3) is 9.79. The van der Waals surface area contributed by atoms with Crippen molar-refractivity contribution in [1.82, 2.24) is 5.32 Å². The average molecular weight is 502 g/mol. The number of thioether (sulfide) groups is 2. The highest BCUT2D eigenvalue weighted by Gasteiger charge is 2.31. The lowest BCUT2D eigenvalue weighted by molar-refractivity contribution is -0.274. The third-order valence-electron chi connectivity index (χ3n) is 4.25. The molecule has 2 atom stereocenters. The summed E-state index contributed by atoms with van der Waals surface area (Å²) in [6.45, 7) is 1.61. The zero-order valence-electron chi connectivity index (χ0n) is 17.5. The number of alkyl halides is 3. The lowest BCUT2D eigenvalue weighted by Crippen LogP contribution is -2.45. The second-order valence-corrected chi connectivity index (χ2v) is 8.99. The fourth-order valence-corrected chi connectivity index (χ4v) is 4.37. The monoisotopic (exact) mass is 501 g/mol. The molecular formula is C22H22F3NO5S2. The first-order valence-electron chi connectivity index (χ1n) is 9.73. The molecule has 0 spiro atoms. The molecule has 0 aliphatic heterocycles. The fraction of sp³-hybridized carbons (Fsp3) is 0.318. The molecule has 0 fully saturated rings. The van der Waals surface area contributed by atoms with Gasteiger partial charge in [-0.2, -0.15) is 11.8 Å². The lowest BCUT2D eigenvalue weighted by atomic mass is 10.2. The number of ether oxygens (including phenoxy) is 1. The number of carbonyl (C=O) groups is 3. The van der Waals surface area contributed by atoms with Gasteiger partial charge in [0.05, 0.1) is 0 Å². The lowest BCUT2D eigenvalue weighted by Gasteiger charge is -2.17. The molecule has 33 heavy (non-hydrogen) atoms. The summed E-state index contributed by atoms with van der Waals surface area (Å²) in [5, 5.41) is 11.7. The van der Waals surface area contributed by atoms with Crippen LogP contribution in [0.1, 0.15) is 22.8 Å². The Hall–Kier alpha value is -2.66. The van der Waals surface area contributed by atoms with Gasteiger partial charge in [-0.1, -0.05) is 61.2 Å². The minimum Gasteiger partial charge on any atom is -0.480 e. The van der Waals surface area contributed by atoms with Crippen molar-refractivity contribution in [2.24, 2.45) is 5.92 Å². The van der Waals surface area contributed by atoms with E-state index in [0.29, 0.717) is 16.9 Å². The number of benzene rings is 2. The predicted molar refractivity (Wildman–Crippen MR) is 121 cm³/mol. The molecule has 0 aromatic heterocycles. The smallest absolute Gasteiger partial charge is 0.480 e. The number of nitrogens with one attached hydrogen (secondary N) is 1. The van der Waals surface area contributed by atoms with Crippen LogP contribution in [0.15, 0.2) is 54.6 Å². The number of hydrogen-bond acceptors (Lipinski definition) is 6. The molecule has 0 aliphatic rings. The summed E-state index contributed by atoms with van der Waals surface area (Å²) in [5.74, 6) is -2.02. The fourth-order valence-electron chi connectivity index (χ4n) is 2.50. The van der Waals surface area contributed by atoms with Crippen molar-refractivity contribution >= 4 is 40.5 Å². The Morgan fingerprint density at radius 1 is 1.03 bits per heavy atom. The SMILES string of the molecule is C[C@H](CSC(=O)c1ccccc1)C(=O)N[C@@H](CSCc1ccc(OC(F)(F)F)cc1)C(=O)O. The van der Waals surface area contributed by atoms with Gasteiger partial charge < -0.3 is 15.2 Å². The average Bonchev–Trinajstić information content (AvgIpc) is 2.77. The van der Waals surface area contributed by atoms with E-state index in [4.69, 9.17) is 0 Å². The van der Waals surface area contributed by atoms with Crippen molar-refractivity contribution in [3.8, 4) is 5.75 Å². The van der Waals surface area contributed by atoms with Crippen LogP contribution in [0.3, 0.4) is 0 Å². The number of carboxylic acid groups (broad SMARTS) is 1. The molecule has 0 saturated heterocycles. The largest absolute Gasteiger partial charge is 0.573 e. The maximum absolute atomic E-state index is 12.4. The molecule has 178 valence electrons. The summed E-state index contributed by atoms with van der Waals surface area (Å²) < 4.78 is 40.4. The molecule has 2 aromatic rings. The minimum atomic E-state index is -4.77. The van der Waals surface area contributed by atoms with Crippen LogP contribution < -0.4 is 10.1 Å². The van der Waals surface area contributed by atoms with E-state index in [1.807, 2.05) is 0 Å². The van der Waals surface area contributed by atoms with Gasteiger partial charge in [-0.15, -0.1) is 13.2 Å². The maximum atomic E-state index is 12.4. The number of amides is 1. The van der Waals surface area contributed by atoms with Crippen LogP contribution in [0, 0.1) is 5.92 Å². The maximum Gasteiger partial charge on any atom is 0.573 e. The third-order valence-corrected chi connectivity index (χ3v) is 6.52. The van der Waals surface area contributed by atoms with Gasteiger partial charge in [0.1, 0.15) is 11.8 Å². The number of carbonyl (C=O) groups excluding carboxylic acids is 2. The van der Waals surface area contributed by atoms with Crippen LogP contribution in [-0.2, 0) is 15.3 Å². The van der Waals surface area contributed by atoms with Crippen LogP contribution >= 0.6 is 23.5 Å². The van der Waals surface area contributed by atoms with Crippen LogP contribution in [-0.4, -0.2) is 46.0 Å². The van der Waals surface area contributed by atoms with Gasteiger partial charge in [0.15, 0.2) is 0 Å². The van der Waals surface area contributed by atoms with Crippen LogP contribution in [0.5, 0.6) is 5.75 Å². The molecule has 11 heteroatoms. The van der Waals surface area contributed by atoms with Gasteiger partial charge in [-0.25, -0.2) is 4.79 Å². The molecule has 2 N–H and O–H groups in total. The van der Waals surface area contributed by atoms with E-state index in [9.17, 15) is 32.7 Å². The van der Waals surface area contributed by atoms with Crippen LogP contribution in [0.2, 0.25) is 0 Å². The van der Waals surface area contributed by atoms with E-state index in [2.05, 4.69) is 10.1 Å². The second kappa shape index (κ2) is 12.5. The predicted octanol–water partition coefficient (Wildman–Crippen LogP) is 4.60. The van der Waals surface area contributed by atoms with Crippen molar-refractivity contribution in [1.29, 1.82) is 0 Å². The summed E-state index contributed by atoms with van der Waals surface area (Å²) in [6, 6.07) is 12.7. The minimum absolute atomic E-state index is 0.0602. The van der Waals surface area contributed by atoms with Crippen molar-refractivity contribution < 1.29 is 37.4 Å². The van der Waals surface area contributed by atoms with Gasteiger partial charge in [-0.05, 0) is 17.7 Å². The highest BCUT2D eigenvalue weighted by atomic mass is 32.2. The Morgan fingerprint density at radius 2 is 1.67 bits per heavy atom. The topological polar surface area (TPSA) is 92.7 Å². The number of carboxylic acids is 1. The first-order chi connectivity index (χ1) is 15.5. The number of hydrogen-bond donors (Lipinski definition) is 2. The molecule has 0 heterocycles. The molecule has 0 unspecified atom stereocenters. The van der Waals surface area contributed by atoms with E-state index in [1.54, 1.807) is 37.3 Å². The highest BCUT2D eigenvalue weighted by Crippen LogP contribution is 2.24. The molecule has 2 rings (SSSR count). The quantitative estimate of drug-likeness (QED) is 0.465. The summed E-state index contributed by atoms with van der Waals surface area (Å²) in [5.41, 5.74) is 1.20. The Kier molecular flexibility index (Phi) is 10.1. The van der Waals surface area contributed by atoms with E-state index in [1.165, 1.54) is 36.0 Å². The molecule has 0 radical (unpaired) electrons. The second-order valence-electron chi connectivity index (χ2n) is 6.97. The number of halogens is 3. The summed E-state index contributed by atoms with van der Waals surface area (Å²) >= 11 is 2.20. The Labute approximate surface area is 197 Å². The molecule has 0 saturated carbocycles. The van der Waals surface area contributed by atoms with Gasteiger partial charge in [-0.3, -0.25) is 9.59 Å². The van der Waals surface area contributed by atoms with E-state index < -0.39 is 30.2 Å². The summed E-state index contributed by atoms with van der Waals surface area (Å²) in [7, 11) is 0. The first-order valence-corrected chi connectivity index (χ1v) is 11.9. The first kappa shape index (κ1) is 26.6. The summed E-state index contributed by atoms with van der Waals surface area (Å²) in [6.07, 6.45) is -4.77. The number of aliphatic carboxylic acids is 1. The standard InChI is InChI=1S/C22H22F3NO5S2/c1-14(11-33-21(30)16-5-3-2-4-6-16)19(27)26-18(20(28)29)13-32-12-15-7-9-17(10-8-15)31-22(23,24)25/h2-10,14,18H,11-13H2,1H3,(H,26,27)(H,28,29)/t14-,18+/m1/s1. The van der Waals surface area contributed by atoms with Crippen LogP contribution in [0.4, 0.5) is 13.2 Å². The molecule has 6 nitrogen and oxygen atoms in total. The molecule has 2 aromatic carbocycles. The van der Waals surface area contributed by atoms with Gasteiger partial charge >= 0.3 is 12.3 Å². The molecular weight excluding hydrogens is 479 g/mol. The summed E-state index contributed by atoms with van der Waals surface area (Å²) in [4.78, 5) is 36.0. The van der Waals surface area contributed by atoms with Crippen molar-refractivity contribution in [3.63, 3.8) is 0 Å². The molecule has 1 amide bonds. The molecule has 0 aliphatic carbocycles. The highest BCUT2D eigenvalue weighted by molar-refractivity contribution is 8.14.